The lowest BCUT2D eigenvalue weighted by molar-refractivity contribution is -0.133. The fourth-order valence-corrected chi connectivity index (χ4v) is 4.25. The number of nitrogens with zero attached hydrogens (tertiary/aromatic N) is 4. The van der Waals surface area contributed by atoms with Gasteiger partial charge in [0.15, 0.2) is 5.65 Å². The summed E-state index contributed by atoms with van der Waals surface area (Å²) in [6.07, 6.45) is 1.73. The Hall–Kier alpha value is -2.51. The molecule has 1 fully saturated rings. The molecule has 0 bridgehead atoms. The predicted octanol–water partition coefficient (Wildman–Crippen LogP) is 3.54. The summed E-state index contributed by atoms with van der Waals surface area (Å²) in [6.45, 7) is 7.23. The van der Waals surface area contributed by atoms with Gasteiger partial charge < -0.3 is 9.64 Å². The lowest BCUT2D eigenvalue weighted by Gasteiger charge is -2.39. The highest BCUT2D eigenvalue weighted by molar-refractivity contribution is 7.20. The summed E-state index contributed by atoms with van der Waals surface area (Å²) in [7, 11) is 0. The Bertz CT molecular complexity index is 908. The van der Waals surface area contributed by atoms with Crippen LogP contribution < -0.4 is 4.74 Å². The van der Waals surface area contributed by atoms with Gasteiger partial charge in [0.2, 0.25) is 5.91 Å². The number of hydrogen-bond donors (Lipinski definition) is 0. The van der Waals surface area contributed by atoms with Crippen molar-refractivity contribution in [3.63, 3.8) is 0 Å². The molecule has 2 aromatic heterocycles. The number of rotatable bonds is 4. The number of amides is 1. The summed E-state index contributed by atoms with van der Waals surface area (Å²) in [4.78, 5) is 24.6. The molecule has 140 valence electrons. The highest BCUT2D eigenvalue weighted by Crippen LogP contribution is 2.30. The molecule has 0 unspecified atom stereocenters. The highest BCUT2D eigenvalue weighted by Gasteiger charge is 2.25. The number of hydrogen-bond acceptors (Lipinski definition) is 6. The summed E-state index contributed by atoms with van der Waals surface area (Å²) < 4.78 is 6.89. The lowest BCUT2D eigenvalue weighted by atomic mass is 10.1. The van der Waals surface area contributed by atoms with Crippen LogP contribution in [0.5, 0.6) is 10.9 Å². The molecule has 1 aromatic carbocycles. The number of carbonyl (C=O) groups is 1. The molecule has 7 heteroatoms. The van der Waals surface area contributed by atoms with Gasteiger partial charge in [0, 0.05) is 45.3 Å². The van der Waals surface area contributed by atoms with Crippen LogP contribution in [0.25, 0.3) is 10.3 Å². The standard InChI is InChI=1S/C20H22N4O2S/c1-14-12-23(10-11-24(14)15(2)25)13-16-5-7-17(8-6-16)26-20-22-19-18(27-20)4-3-9-21-19/h3-9,14H,10-13H2,1-2H3/t14-/m1/s1. The van der Waals surface area contributed by atoms with Gasteiger partial charge in [0.25, 0.3) is 5.19 Å². The van der Waals surface area contributed by atoms with Gasteiger partial charge >= 0.3 is 0 Å². The number of benzene rings is 1. The Kier molecular flexibility index (Phi) is 5.05. The smallest absolute Gasteiger partial charge is 0.281 e. The fourth-order valence-electron chi connectivity index (χ4n) is 3.46. The van der Waals surface area contributed by atoms with Gasteiger partial charge in [-0.15, -0.1) is 0 Å². The third-order valence-electron chi connectivity index (χ3n) is 4.80. The van der Waals surface area contributed by atoms with Gasteiger partial charge in [-0.3, -0.25) is 9.69 Å². The Morgan fingerprint density at radius 2 is 2.07 bits per heavy atom. The number of carbonyl (C=O) groups excluding carboxylic acids is 1. The summed E-state index contributed by atoms with van der Waals surface area (Å²) >= 11 is 1.49. The highest BCUT2D eigenvalue weighted by atomic mass is 32.1. The minimum atomic E-state index is 0.161. The zero-order valence-electron chi connectivity index (χ0n) is 15.5. The molecular weight excluding hydrogens is 360 g/mol. The molecule has 1 amide bonds. The first-order valence-corrected chi connectivity index (χ1v) is 9.88. The van der Waals surface area contributed by atoms with E-state index in [4.69, 9.17) is 4.74 Å². The van der Waals surface area contributed by atoms with E-state index in [0.29, 0.717) is 10.8 Å². The van der Waals surface area contributed by atoms with Crippen molar-refractivity contribution < 1.29 is 9.53 Å². The number of piperazine rings is 1. The molecule has 3 heterocycles. The Balaban J connectivity index is 1.37. The zero-order valence-corrected chi connectivity index (χ0v) is 16.3. The Morgan fingerprint density at radius 1 is 1.26 bits per heavy atom. The average molecular weight is 382 g/mol. The molecule has 0 aliphatic carbocycles. The van der Waals surface area contributed by atoms with E-state index in [1.54, 1.807) is 13.1 Å². The van der Waals surface area contributed by atoms with E-state index in [-0.39, 0.29) is 11.9 Å². The molecule has 27 heavy (non-hydrogen) atoms. The second-order valence-electron chi connectivity index (χ2n) is 6.85. The SMILES string of the molecule is CC(=O)N1CCN(Cc2ccc(Oc3nc4ncccc4s3)cc2)C[C@H]1C. The van der Waals surface area contributed by atoms with Gasteiger partial charge in [-0.1, -0.05) is 23.5 Å². The van der Waals surface area contributed by atoms with Gasteiger partial charge in [-0.25, -0.2) is 4.98 Å². The summed E-state index contributed by atoms with van der Waals surface area (Å²) in [5, 5.41) is 0.602. The molecule has 6 nitrogen and oxygen atoms in total. The van der Waals surface area contributed by atoms with Crippen molar-refractivity contribution >= 4 is 27.6 Å². The molecule has 1 aliphatic rings. The van der Waals surface area contributed by atoms with Crippen LogP contribution in [0.2, 0.25) is 0 Å². The topological polar surface area (TPSA) is 58.6 Å². The van der Waals surface area contributed by atoms with Crippen LogP contribution in [-0.4, -0.2) is 51.4 Å². The van der Waals surface area contributed by atoms with Crippen LogP contribution in [-0.2, 0) is 11.3 Å². The van der Waals surface area contributed by atoms with E-state index < -0.39 is 0 Å². The van der Waals surface area contributed by atoms with Crippen LogP contribution in [0.4, 0.5) is 0 Å². The van der Waals surface area contributed by atoms with Crippen LogP contribution in [0.15, 0.2) is 42.6 Å². The van der Waals surface area contributed by atoms with E-state index in [1.807, 2.05) is 29.2 Å². The second-order valence-corrected chi connectivity index (χ2v) is 7.84. The van der Waals surface area contributed by atoms with E-state index in [1.165, 1.54) is 16.9 Å². The number of pyridine rings is 1. The Morgan fingerprint density at radius 3 is 2.78 bits per heavy atom. The Labute approximate surface area is 162 Å². The third-order valence-corrected chi connectivity index (χ3v) is 5.68. The average Bonchev–Trinajstić information content (AvgIpc) is 3.05. The van der Waals surface area contributed by atoms with Crippen LogP contribution in [0.3, 0.4) is 0 Å². The fraction of sp³-hybridized carbons (Fsp3) is 0.350. The minimum Gasteiger partial charge on any atom is -0.431 e. The van der Waals surface area contributed by atoms with Crippen molar-refractivity contribution in [2.45, 2.75) is 26.4 Å². The number of aromatic nitrogens is 2. The van der Waals surface area contributed by atoms with E-state index in [9.17, 15) is 4.79 Å². The second kappa shape index (κ2) is 7.62. The van der Waals surface area contributed by atoms with Crippen molar-refractivity contribution in [1.29, 1.82) is 0 Å². The van der Waals surface area contributed by atoms with Crippen LogP contribution >= 0.6 is 11.3 Å². The van der Waals surface area contributed by atoms with E-state index >= 15 is 0 Å². The maximum atomic E-state index is 11.6. The quantitative estimate of drug-likeness (QED) is 0.691. The maximum Gasteiger partial charge on any atom is 0.281 e. The lowest BCUT2D eigenvalue weighted by Crippen LogP contribution is -2.52. The number of thiazole rings is 1. The third kappa shape index (κ3) is 4.09. The molecular formula is C20H22N4O2S. The first-order chi connectivity index (χ1) is 13.1. The zero-order chi connectivity index (χ0) is 18.8. The predicted molar refractivity (Wildman–Crippen MR) is 106 cm³/mol. The summed E-state index contributed by atoms with van der Waals surface area (Å²) in [5.74, 6) is 0.932. The van der Waals surface area contributed by atoms with Gasteiger partial charge in [-0.05, 0) is 36.8 Å². The normalized spacial score (nSPS) is 18.0. The largest absolute Gasteiger partial charge is 0.431 e. The van der Waals surface area contributed by atoms with Crippen LogP contribution in [0.1, 0.15) is 19.4 Å². The van der Waals surface area contributed by atoms with Crippen molar-refractivity contribution in [3.8, 4) is 10.9 Å². The van der Waals surface area contributed by atoms with Crippen molar-refractivity contribution in [2.24, 2.45) is 0 Å². The maximum absolute atomic E-state index is 11.6. The number of ether oxygens (including phenoxy) is 1. The van der Waals surface area contributed by atoms with Crippen molar-refractivity contribution in [3.05, 3.63) is 48.2 Å². The van der Waals surface area contributed by atoms with E-state index in [0.717, 1.165) is 36.6 Å². The molecule has 3 aromatic rings. The molecule has 4 rings (SSSR count). The van der Waals surface area contributed by atoms with Crippen LogP contribution in [0, 0.1) is 0 Å². The van der Waals surface area contributed by atoms with Gasteiger partial charge in [0.05, 0.1) is 4.70 Å². The molecule has 0 spiro atoms. The molecule has 0 saturated carbocycles. The monoisotopic (exact) mass is 382 g/mol. The first-order valence-electron chi connectivity index (χ1n) is 9.06. The molecule has 1 atom stereocenters. The first kappa shape index (κ1) is 17.9. The summed E-state index contributed by atoms with van der Waals surface area (Å²) in [6, 6.07) is 12.3. The molecule has 0 N–H and O–H groups in total. The van der Waals surface area contributed by atoms with E-state index in [2.05, 4.69) is 33.9 Å². The minimum absolute atomic E-state index is 0.161. The molecule has 0 radical (unpaired) electrons. The summed E-state index contributed by atoms with van der Waals surface area (Å²) in [5.41, 5.74) is 1.95. The van der Waals surface area contributed by atoms with Crippen molar-refractivity contribution in [1.82, 2.24) is 19.8 Å². The van der Waals surface area contributed by atoms with Gasteiger partial charge in [0.1, 0.15) is 5.75 Å². The van der Waals surface area contributed by atoms with Gasteiger partial charge in [-0.2, -0.15) is 4.98 Å². The molecule has 1 saturated heterocycles. The van der Waals surface area contributed by atoms with Crippen molar-refractivity contribution in [2.75, 3.05) is 19.6 Å². The number of fused-ring (bicyclic) bond motifs is 1. The molecule has 1 aliphatic heterocycles.